The molecule has 0 saturated carbocycles. The van der Waals surface area contributed by atoms with Gasteiger partial charge in [0.05, 0.1) is 22.1 Å². The monoisotopic (exact) mass is 681 g/mol. The van der Waals surface area contributed by atoms with E-state index >= 15 is 0 Å². The van der Waals surface area contributed by atoms with Gasteiger partial charge >= 0.3 is 0 Å². The molecule has 0 radical (unpaired) electrons. The lowest BCUT2D eigenvalue weighted by molar-refractivity contribution is 1.06. The molecule has 0 bridgehead atoms. The summed E-state index contributed by atoms with van der Waals surface area (Å²) in [6.07, 6.45) is 0. The summed E-state index contributed by atoms with van der Waals surface area (Å²) in [4.78, 5) is 2.54. The molecule has 0 unspecified atom stereocenters. The van der Waals surface area contributed by atoms with Crippen molar-refractivity contribution in [2.45, 2.75) is 0 Å². The molecule has 0 aliphatic carbocycles. The highest BCUT2D eigenvalue weighted by molar-refractivity contribution is 7.18. The molecule has 244 valence electrons. The van der Waals surface area contributed by atoms with E-state index in [0.29, 0.717) is 0 Å². The molecule has 3 nitrogen and oxygen atoms in total. The lowest BCUT2D eigenvalue weighted by atomic mass is 10.1. The van der Waals surface area contributed by atoms with Crippen LogP contribution in [-0.4, -0.2) is 13.7 Å². The van der Waals surface area contributed by atoms with Crippen LogP contribution in [0.25, 0.3) is 92.6 Å². The Hall–Kier alpha value is -6.62. The first-order valence-corrected chi connectivity index (χ1v) is 18.5. The number of hydrogen-bond acceptors (Lipinski definition) is 1. The van der Waals surface area contributed by atoms with Crippen LogP contribution in [-0.2, 0) is 0 Å². The molecule has 0 atom stereocenters. The number of thiophene rings is 1. The number of aromatic nitrogens is 3. The van der Waals surface area contributed by atoms with Crippen LogP contribution >= 0.6 is 11.3 Å². The number of rotatable bonds is 5. The van der Waals surface area contributed by atoms with Gasteiger partial charge in [-0.3, -0.25) is 9.13 Å². The predicted molar refractivity (Wildman–Crippen MR) is 221 cm³/mol. The van der Waals surface area contributed by atoms with E-state index in [-0.39, 0.29) is 0 Å². The lowest BCUT2D eigenvalue weighted by Gasteiger charge is -2.15. The Kier molecular flexibility index (Phi) is 6.42. The summed E-state index contributed by atoms with van der Waals surface area (Å²) in [5.41, 5.74) is 11.8. The summed E-state index contributed by atoms with van der Waals surface area (Å²) in [5, 5.41) is 6.28. The van der Waals surface area contributed by atoms with Gasteiger partial charge in [-0.25, -0.2) is 0 Å². The molecule has 0 saturated heterocycles. The second-order valence-electron chi connectivity index (χ2n) is 13.4. The molecular weight excluding hydrogens is 651 g/mol. The van der Waals surface area contributed by atoms with Crippen LogP contribution in [0.5, 0.6) is 0 Å². The third kappa shape index (κ3) is 4.31. The standard InChI is InChI=1S/C48H31N3S/c1-3-14-32(15-4-1)45-28-29-46(52-45)33-26-27-44-40(30-33)47-39-22-9-12-25-43(39)50(34-16-5-2-6-17-34)48(47)51(44)36-19-13-18-35(31-36)49-41-23-10-7-20-37(41)38-21-8-11-24-42(38)49/h1-31H. The molecule has 0 spiro atoms. The number of para-hydroxylation sites is 4. The van der Waals surface area contributed by atoms with E-state index in [2.05, 4.69) is 202 Å². The van der Waals surface area contributed by atoms with E-state index in [1.54, 1.807) is 0 Å². The van der Waals surface area contributed by atoms with Crippen LogP contribution < -0.4 is 0 Å². The van der Waals surface area contributed by atoms with E-state index in [1.807, 2.05) is 11.3 Å². The Morgan fingerprint density at radius 2 is 0.808 bits per heavy atom. The number of hydrogen-bond donors (Lipinski definition) is 0. The molecule has 11 rings (SSSR count). The van der Waals surface area contributed by atoms with Crippen molar-refractivity contribution in [2.24, 2.45) is 0 Å². The molecule has 7 aromatic carbocycles. The summed E-state index contributed by atoms with van der Waals surface area (Å²) in [6.45, 7) is 0. The molecule has 11 aromatic rings. The zero-order valence-corrected chi connectivity index (χ0v) is 29.0. The molecule has 0 aliphatic heterocycles. The van der Waals surface area contributed by atoms with Gasteiger partial charge in [-0.15, -0.1) is 11.3 Å². The van der Waals surface area contributed by atoms with Gasteiger partial charge in [-0.1, -0.05) is 115 Å². The highest BCUT2D eigenvalue weighted by atomic mass is 32.1. The third-order valence-electron chi connectivity index (χ3n) is 10.5. The van der Waals surface area contributed by atoms with Gasteiger partial charge in [-0.05, 0) is 83.9 Å². The van der Waals surface area contributed by atoms with E-state index in [0.717, 1.165) is 22.7 Å². The van der Waals surface area contributed by atoms with Gasteiger partial charge in [-0.2, -0.15) is 0 Å². The Balaban J connectivity index is 1.21. The normalized spacial score (nSPS) is 11.8. The van der Waals surface area contributed by atoms with Crippen LogP contribution in [0, 0.1) is 0 Å². The minimum absolute atomic E-state index is 1.12. The average Bonchev–Trinajstić information content (AvgIpc) is 3.98. The quantitative estimate of drug-likeness (QED) is 0.172. The Labute approximate surface area is 304 Å². The molecule has 0 amide bonds. The van der Waals surface area contributed by atoms with Gasteiger partial charge in [0.2, 0.25) is 0 Å². The van der Waals surface area contributed by atoms with Gasteiger partial charge in [0.15, 0.2) is 0 Å². The second-order valence-corrected chi connectivity index (χ2v) is 14.5. The van der Waals surface area contributed by atoms with Crippen molar-refractivity contribution in [3.8, 4) is 37.9 Å². The number of nitrogens with zero attached hydrogens (tertiary/aromatic N) is 3. The first-order chi connectivity index (χ1) is 25.8. The van der Waals surface area contributed by atoms with Gasteiger partial charge in [0.1, 0.15) is 5.65 Å². The number of benzene rings is 7. The highest BCUT2D eigenvalue weighted by Crippen LogP contribution is 2.44. The molecule has 0 aliphatic rings. The smallest absolute Gasteiger partial charge is 0.131 e. The first kappa shape index (κ1) is 29.1. The fourth-order valence-electron chi connectivity index (χ4n) is 8.22. The van der Waals surface area contributed by atoms with Crippen LogP contribution in [0.3, 0.4) is 0 Å². The van der Waals surface area contributed by atoms with Crippen molar-refractivity contribution in [1.29, 1.82) is 0 Å². The van der Waals surface area contributed by atoms with E-state index in [9.17, 15) is 0 Å². The summed E-state index contributed by atoms with van der Waals surface area (Å²) in [5.74, 6) is 0. The van der Waals surface area contributed by atoms with Crippen molar-refractivity contribution in [2.75, 3.05) is 0 Å². The molecule has 4 aromatic heterocycles. The summed E-state index contributed by atoms with van der Waals surface area (Å²) in [7, 11) is 0. The summed E-state index contributed by atoms with van der Waals surface area (Å²) < 4.78 is 7.32. The van der Waals surface area contributed by atoms with E-state index in [4.69, 9.17) is 0 Å². The summed E-state index contributed by atoms with van der Waals surface area (Å²) in [6, 6.07) is 68.3. The Morgan fingerprint density at radius 3 is 1.50 bits per heavy atom. The maximum absolute atomic E-state index is 2.47. The van der Waals surface area contributed by atoms with Crippen LogP contribution in [0.4, 0.5) is 0 Å². The largest absolute Gasteiger partial charge is 0.309 e. The van der Waals surface area contributed by atoms with Crippen LogP contribution in [0.1, 0.15) is 0 Å². The van der Waals surface area contributed by atoms with E-state index in [1.165, 1.54) is 69.9 Å². The van der Waals surface area contributed by atoms with Crippen LogP contribution in [0.2, 0.25) is 0 Å². The Morgan fingerprint density at radius 1 is 0.308 bits per heavy atom. The fourth-order valence-corrected chi connectivity index (χ4v) is 9.23. The predicted octanol–water partition coefficient (Wildman–Crippen LogP) is 13.2. The summed E-state index contributed by atoms with van der Waals surface area (Å²) >= 11 is 1.85. The minimum Gasteiger partial charge on any atom is -0.309 e. The Bertz CT molecular complexity index is 3070. The zero-order valence-electron chi connectivity index (χ0n) is 28.1. The van der Waals surface area contributed by atoms with Crippen molar-refractivity contribution in [3.63, 3.8) is 0 Å². The SMILES string of the molecule is c1ccc(-c2ccc(-c3ccc4c(c3)c3c5ccccc5n(-c5ccccc5)c3n4-c3cccc(-n4c5ccccc5c5ccccc54)c3)s2)cc1. The molecule has 4 heteroatoms. The average molecular weight is 682 g/mol. The highest BCUT2D eigenvalue weighted by Gasteiger charge is 2.23. The van der Waals surface area contributed by atoms with Gasteiger partial charge in [0, 0.05) is 53.7 Å². The third-order valence-corrected chi connectivity index (χ3v) is 11.6. The van der Waals surface area contributed by atoms with Crippen molar-refractivity contribution in [1.82, 2.24) is 13.7 Å². The van der Waals surface area contributed by atoms with Gasteiger partial charge < -0.3 is 4.57 Å². The molecule has 52 heavy (non-hydrogen) atoms. The van der Waals surface area contributed by atoms with Crippen molar-refractivity contribution < 1.29 is 0 Å². The topological polar surface area (TPSA) is 14.8 Å². The molecular formula is C48H31N3S. The fraction of sp³-hybridized carbons (Fsp3) is 0. The molecule has 0 N–H and O–H groups in total. The van der Waals surface area contributed by atoms with Crippen molar-refractivity contribution in [3.05, 3.63) is 188 Å². The van der Waals surface area contributed by atoms with Crippen molar-refractivity contribution >= 4 is 66.0 Å². The first-order valence-electron chi connectivity index (χ1n) is 17.7. The maximum Gasteiger partial charge on any atom is 0.131 e. The second kappa shape index (κ2) is 11.5. The minimum atomic E-state index is 1.12. The zero-order chi connectivity index (χ0) is 34.2. The molecule has 0 fully saturated rings. The number of fused-ring (bicyclic) bond motifs is 8. The van der Waals surface area contributed by atoms with Crippen LogP contribution in [0.15, 0.2) is 188 Å². The lowest BCUT2D eigenvalue weighted by Crippen LogP contribution is -2.03. The maximum atomic E-state index is 2.47. The van der Waals surface area contributed by atoms with E-state index < -0.39 is 0 Å². The molecule has 4 heterocycles. The van der Waals surface area contributed by atoms with Gasteiger partial charge in [0.25, 0.3) is 0 Å².